The Balaban J connectivity index is 1.72. The maximum atomic E-state index is 4.62. The van der Waals surface area contributed by atoms with E-state index in [9.17, 15) is 0 Å². The quantitative estimate of drug-likeness (QED) is 0.694. The molecule has 0 aliphatic heterocycles. The zero-order chi connectivity index (χ0) is 16.2. The second kappa shape index (κ2) is 6.83. The van der Waals surface area contributed by atoms with Crippen LogP contribution in [0.2, 0.25) is 0 Å². The van der Waals surface area contributed by atoms with Gasteiger partial charge in [0.25, 0.3) is 0 Å². The van der Waals surface area contributed by atoms with Gasteiger partial charge in [0.15, 0.2) is 0 Å². The fourth-order valence-corrected chi connectivity index (χ4v) is 3.35. The van der Waals surface area contributed by atoms with Crippen molar-refractivity contribution in [2.24, 2.45) is 0 Å². The Bertz CT molecular complexity index is 846. The zero-order valence-electron chi connectivity index (χ0n) is 13.7. The maximum absolute atomic E-state index is 4.62. The molecule has 0 bridgehead atoms. The van der Waals surface area contributed by atoms with Crippen LogP contribution in [0.1, 0.15) is 37.8 Å². The molecule has 4 rings (SSSR count). The second-order valence-corrected chi connectivity index (χ2v) is 6.28. The Morgan fingerprint density at radius 1 is 0.917 bits per heavy atom. The smallest absolute Gasteiger partial charge is 0.0728 e. The number of nitrogens with zero attached hydrogens (tertiary/aromatic N) is 2. The van der Waals surface area contributed by atoms with Crippen LogP contribution in [0.5, 0.6) is 0 Å². The number of allylic oxidation sites excluding steroid dienone is 2. The molecule has 0 radical (unpaired) electrons. The van der Waals surface area contributed by atoms with Crippen molar-refractivity contribution in [1.82, 2.24) is 15.2 Å². The summed E-state index contributed by atoms with van der Waals surface area (Å²) < 4.78 is 0. The summed E-state index contributed by atoms with van der Waals surface area (Å²) in [5.41, 5.74) is 6.99. The first-order valence-corrected chi connectivity index (χ1v) is 8.66. The van der Waals surface area contributed by atoms with Crippen molar-refractivity contribution >= 4 is 5.57 Å². The van der Waals surface area contributed by atoms with E-state index in [1.165, 1.54) is 31.3 Å². The average molecular weight is 315 g/mol. The monoisotopic (exact) mass is 315 g/mol. The first-order chi connectivity index (χ1) is 11.9. The lowest BCUT2D eigenvalue weighted by Crippen LogP contribution is -1.91. The van der Waals surface area contributed by atoms with Crippen molar-refractivity contribution in [3.8, 4) is 22.4 Å². The molecule has 3 heteroatoms. The summed E-state index contributed by atoms with van der Waals surface area (Å²) in [4.78, 5) is 4.62. The van der Waals surface area contributed by atoms with Crippen LogP contribution in [0.25, 0.3) is 28.0 Å². The average Bonchev–Trinajstić information content (AvgIpc) is 2.98. The minimum absolute atomic E-state index is 1.06. The van der Waals surface area contributed by atoms with Gasteiger partial charge in [0.05, 0.1) is 17.6 Å². The second-order valence-electron chi connectivity index (χ2n) is 6.28. The maximum Gasteiger partial charge on any atom is 0.0728 e. The molecule has 0 saturated heterocycles. The third kappa shape index (κ3) is 3.02. The zero-order valence-corrected chi connectivity index (χ0v) is 13.7. The van der Waals surface area contributed by atoms with Crippen molar-refractivity contribution < 1.29 is 0 Å². The van der Waals surface area contributed by atoms with E-state index in [2.05, 4.69) is 45.5 Å². The molecule has 1 aromatic carbocycles. The molecule has 120 valence electrons. The number of nitrogens with one attached hydrogen (secondary N) is 1. The standard InChI is InChI=1S/C21H21N3/c1-2-5-9-16(8-4-1)20-14-18(12-13-22-20)19-15-23-24-21(19)17-10-6-3-7-11-17/h3,6-8,10-15H,1-2,4-5,9H2,(H,23,24). The fraction of sp³-hybridized carbons (Fsp3) is 0.238. The molecule has 2 aromatic heterocycles. The first kappa shape index (κ1) is 14.9. The van der Waals surface area contributed by atoms with Crippen molar-refractivity contribution in [1.29, 1.82) is 0 Å². The summed E-state index contributed by atoms with van der Waals surface area (Å²) in [7, 11) is 0. The summed E-state index contributed by atoms with van der Waals surface area (Å²) in [6.07, 6.45) is 12.4. The SMILES string of the molecule is C1=C(c2cc(-c3cn[nH]c3-c3ccccc3)ccn2)CCCCC1. The largest absolute Gasteiger partial charge is 0.277 e. The lowest BCUT2D eigenvalue weighted by atomic mass is 9.99. The van der Waals surface area contributed by atoms with Crippen LogP contribution in [0.15, 0.2) is 60.9 Å². The van der Waals surface area contributed by atoms with Crippen molar-refractivity contribution in [2.75, 3.05) is 0 Å². The van der Waals surface area contributed by atoms with Gasteiger partial charge in [-0.15, -0.1) is 0 Å². The van der Waals surface area contributed by atoms with E-state index in [1.807, 2.05) is 30.6 Å². The molecule has 0 fully saturated rings. The van der Waals surface area contributed by atoms with Gasteiger partial charge in [-0.2, -0.15) is 5.10 Å². The van der Waals surface area contributed by atoms with Crippen LogP contribution < -0.4 is 0 Å². The highest BCUT2D eigenvalue weighted by molar-refractivity contribution is 5.81. The number of rotatable bonds is 3. The van der Waals surface area contributed by atoms with Gasteiger partial charge in [-0.3, -0.25) is 10.1 Å². The van der Waals surface area contributed by atoms with E-state index in [0.29, 0.717) is 0 Å². The van der Waals surface area contributed by atoms with E-state index >= 15 is 0 Å². The first-order valence-electron chi connectivity index (χ1n) is 8.66. The number of hydrogen-bond acceptors (Lipinski definition) is 2. The topological polar surface area (TPSA) is 41.6 Å². The van der Waals surface area contributed by atoms with E-state index in [0.717, 1.165) is 34.5 Å². The van der Waals surface area contributed by atoms with Crippen LogP contribution >= 0.6 is 0 Å². The minimum Gasteiger partial charge on any atom is -0.277 e. The van der Waals surface area contributed by atoms with Crippen molar-refractivity contribution in [3.05, 3.63) is 66.6 Å². The molecular weight excluding hydrogens is 294 g/mol. The normalized spacial score (nSPS) is 14.9. The number of H-pyrrole nitrogens is 1. The molecule has 0 saturated carbocycles. The van der Waals surface area contributed by atoms with E-state index in [1.54, 1.807) is 0 Å². The molecule has 1 aliphatic carbocycles. The summed E-state index contributed by atoms with van der Waals surface area (Å²) in [6, 6.07) is 14.6. The van der Waals surface area contributed by atoms with Crippen LogP contribution in [-0.4, -0.2) is 15.2 Å². The van der Waals surface area contributed by atoms with Gasteiger partial charge in [-0.25, -0.2) is 0 Å². The molecule has 1 N–H and O–H groups in total. The molecule has 2 heterocycles. The number of aromatic amines is 1. The minimum atomic E-state index is 1.06. The molecule has 3 nitrogen and oxygen atoms in total. The number of pyridine rings is 1. The Kier molecular flexibility index (Phi) is 4.24. The van der Waals surface area contributed by atoms with Gasteiger partial charge < -0.3 is 0 Å². The lowest BCUT2D eigenvalue weighted by molar-refractivity contribution is 0.720. The Labute approximate surface area is 142 Å². The van der Waals surface area contributed by atoms with Crippen LogP contribution in [0.4, 0.5) is 0 Å². The molecule has 3 aromatic rings. The van der Waals surface area contributed by atoms with E-state index < -0.39 is 0 Å². The molecule has 0 atom stereocenters. The summed E-state index contributed by atoms with van der Waals surface area (Å²) in [6.45, 7) is 0. The molecule has 0 unspecified atom stereocenters. The summed E-state index contributed by atoms with van der Waals surface area (Å²) in [5.74, 6) is 0. The number of aromatic nitrogens is 3. The van der Waals surface area contributed by atoms with Gasteiger partial charge >= 0.3 is 0 Å². The summed E-state index contributed by atoms with van der Waals surface area (Å²) in [5, 5.41) is 7.42. The highest BCUT2D eigenvalue weighted by Crippen LogP contribution is 2.32. The number of hydrogen-bond donors (Lipinski definition) is 1. The van der Waals surface area contributed by atoms with E-state index in [-0.39, 0.29) is 0 Å². The Morgan fingerprint density at radius 3 is 2.75 bits per heavy atom. The molecule has 0 spiro atoms. The third-order valence-electron chi connectivity index (χ3n) is 4.64. The van der Waals surface area contributed by atoms with Crippen molar-refractivity contribution in [2.45, 2.75) is 32.1 Å². The van der Waals surface area contributed by atoms with E-state index in [4.69, 9.17) is 0 Å². The van der Waals surface area contributed by atoms with Gasteiger partial charge in [0.2, 0.25) is 0 Å². The Morgan fingerprint density at radius 2 is 1.83 bits per heavy atom. The van der Waals surface area contributed by atoms with Gasteiger partial charge in [0, 0.05) is 17.3 Å². The fourth-order valence-electron chi connectivity index (χ4n) is 3.35. The van der Waals surface area contributed by atoms with Gasteiger partial charge in [-0.05, 0) is 49.0 Å². The lowest BCUT2D eigenvalue weighted by Gasteiger charge is -2.08. The Hall–Kier alpha value is -2.68. The van der Waals surface area contributed by atoms with Crippen LogP contribution in [0, 0.1) is 0 Å². The third-order valence-corrected chi connectivity index (χ3v) is 4.64. The highest BCUT2D eigenvalue weighted by atomic mass is 15.1. The predicted molar refractivity (Wildman–Crippen MR) is 98.3 cm³/mol. The van der Waals surface area contributed by atoms with Crippen molar-refractivity contribution in [3.63, 3.8) is 0 Å². The molecule has 1 aliphatic rings. The molecular formula is C21H21N3. The summed E-state index contributed by atoms with van der Waals surface area (Å²) >= 11 is 0. The molecule has 0 amide bonds. The number of benzene rings is 1. The van der Waals surface area contributed by atoms with Gasteiger partial charge in [-0.1, -0.05) is 42.8 Å². The van der Waals surface area contributed by atoms with Gasteiger partial charge in [0.1, 0.15) is 0 Å². The molecule has 24 heavy (non-hydrogen) atoms. The van der Waals surface area contributed by atoms with Crippen LogP contribution in [0.3, 0.4) is 0 Å². The highest BCUT2D eigenvalue weighted by Gasteiger charge is 2.12. The predicted octanol–water partition coefficient (Wildman–Crippen LogP) is 5.49. The van der Waals surface area contributed by atoms with Crippen LogP contribution in [-0.2, 0) is 0 Å².